The molecule has 0 spiro atoms. The summed E-state index contributed by atoms with van der Waals surface area (Å²) in [6, 6.07) is 11.8. The van der Waals surface area contributed by atoms with Gasteiger partial charge in [0.25, 0.3) is 0 Å². The van der Waals surface area contributed by atoms with Gasteiger partial charge in [-0.2, -0.15) is 10.2 Å². The van der Waals surface area contributed by atoms with Crippen molar-refractivity contribution in [1.29, 1.82) is 0 Å². The number of nitrogens with one attached hydrogen (secondary N) is 1. The maximum atomic E-state index is 12.8. The molecule has 4 aliphatic rings. The average Bonchev–Trinajstić information content (AvgIpc) is 3.71. The van der Waals surface area contributed by atoms with E-state index in [1.54, 1.807) is 29.9 Å². The summed E-state index contributed by atoms with van der Waals surface area (Å²) >= 11 is 1.57. The number of carbonyl (C=O) groups is 1. The van der Waals surface area contributed by atoms with E-state index in [4.69, 9.17) is 10.1 Å². The van der Waals surface area contributed by atoms with E-state index in [-0.39, 0.29) is 5.69 Å². The second-order valence-corrected chi connectivity index (χ2v) is 14.8. The number of nitrogens with zero attached hydrogens (tertiary/aromatic N) is 7. The monoisotopic (exact) mass is 630 g/mol. The van der Waals surface area contributed by atoms with Crippen LogP contribution in [0.5, 0.6) is 0 Å². The molecule has 0 amide bonds. The summed E-state index contributed by atoms with van der Waals surface area (Å²) in [5, 5.41) is 23.8. The third-order valence-electron chi connectivity index (χ3n) is 10.7. The third kappa shape index (κ3) is 4.59. The molecule has 4 aliphatic carbocycles. The Morgan fingerprint density at radius 3 is 2.48 bits per heavy atom. The molecule has 0 aliphatic heterocycles. The van der Waals surface area contributed by atoms with Gasteiger partial charge in [-0.15, -0.1) is 0 Å². The summed E-state index contributed by atoms with van der Waals surface area (Å²) in [6.07, 6.45) is 16.3. The molecule has 6 aromatic rings. The molecule has 1 aromatic carbocycles. The Labute approximate surface area is 269 Å². The molecule has 5 heterocycles. The van der Waals surface area contributed by atoms with E-state index in [2.05, 4.69) is 32.0 Å². The van der Waals surface area contributed by atoms with Crippen LogP contribution in [-0.2, 0) is 6.54 Å². The maximum Gasteiger partial charge on any atom is 0.355 e. The summed E-state index contributed by atoms with van der Waals surface area (Å²) in [7, 11) is 0. The molecule has 2 atom stereocenters. The number of hydrogen-bond donors (Lipinski definition) is 2. The highest BCUT2D eigenvalue weighted by atomic mass is 32.1. The van der Waals surface area contributed by atoms with Crippen LogP contribution in [0.25, 0.3) is 38.1 Å². The van der Waals surface area contributed by atoms with Crippen LogP contribution >= 0.6 is 11.3 Å². The molecular weight excluding hydrogens is 597 g/mol. The van der Waals surface area contributed by atoms with E-state index in [9.17, 15) is 9.90 Å². The van der Waals surface area contributed by atoms with Crippen molar-refractivity contribution in [2.24, 2.45) is 23.2 Å². The lowest BCUT2D eigenvalue weighted by atomic mass is 9.58. The fraction of sp³-hybridized carbons (Fsp3) is 0.371. The normalized spacial score (nSPS) is 23.7. The molecular formula is C35H34N8O2S. The van der Waals surface area contributed by atoms with E-state index in [0.717, 1.165) is 56.5 Å². The lowest BCUT2D eigenvalue weighted by Crippen LogP contribution is -2.40. The highest BCUT2D eigenvalue weighted by Gasteiger charge is 2.48. The highest BCUT2D eigenvalue weighted by molar-refractivity contribution is 7.22. The SMILES string of the molecule is Cc1c(-c2cnc3c(-c4ccc(Nc5nc6ccccc6s5)nc4)cnn3c2C(=O)O)cnn1CC12CC3CCC(CC(C3)C1)C2. The van der Waals surface area contributed by atoms with Gasteiger partial charge < -0.3 is 10.4 Å². The first-order valence-electron chi connectivity index (χ1n) is 16.1. The molecule has 0 saturated heterocycles. The second-order valence-electron chi connectivity index (χ2n) is 13.7. The Bertz CT molecular complexity index is 2080. The van der Waals surface area contributed by atoms with Crippen LogP contribution in [0.15, 0.2) is 61.2 Å². The number of para-hydroxylation sites is 1. The number of fused-ring (bicyclic) bond motifs is 3. The third-order valence-corrected chi connectivity index (χ3v) is 11.6. The van der Waals surface area contributed by atoms with Crippen LogP contribution < -0.4 is 5.32 Å². The Balaban J connectivity index is 1.01. The first-order chi connectivity index (χ1) is 22.4. The van der Waals surface area contributed by atoms with Crippen molar-refractivity contribution in [3.8, 4) is 22.3 Å². The molecule has 4 bridgehead atoms. The first kappa shape index (κ1) is 27.7. The van der Waals surface area contributed by atoms with Gasteiger partial charge in [-0.25, -0.2) is 24.3 Å². The minimum atomic E-state index is -1.06. The number of hydrogen-bond acceptors (Lipinski definition) is 8. The molecule has 46 heavy (non-hydrogen) atoms. The number of aromatic carboxylic acids is 1. The smallest absolute Gasteiger partial charge is 0.355 e. The summed E-state index contributed by atoms with van der Waals surface area (Å²) in [6.45, 7) is 2.96. The van der Waals surface area contributed by atoms with Crippen LogP contribution in [0.2, 0.25) is 0 Å². The number of anilines is 2. The zero-order valence-corrected chi connectivity index (χ0v) is 26.4. The fourth-order valence-electron chi connectivity index (χ4n) is 8.95. The molecule has 0 radical (unpaired) electrons. The number of thiazole rings is 1. The van der Waals surface area contributed by atoms with Gasteiger partial charge in [-0.1, -0.05) is 36.3 Å². The Hall–Kier alpha value is -4.64. The zero-order chi connectivity index (χ0) is 31.0. The molecule has 10 nitrogen and oxygen atoms in total. The van der Waals surface area contributed by atoms with Crippen LogP contribution in [0, 0.1) is 30.1 Å². The van der Waals surface area contributed by atoms with Gasteiger partial charge in [-0.05, 0) is 86.5 Å². The van der Waals surface area contributed by atoms with Gasteiger partial charge in [0.15, 0.2) is 16.5 Å². The van der Waals surface area contributed by atoms with Gasteiger partial charge >= 0.3 is 5.97 Å². The average molecular weight is 631 g/mol. The quantitative estimate of drug-likeness (QED) is 0.185. The standard InChI is InChI=1S/C35H34N8O2S/c1-20-25(17-38-42(20)19-35-12-21-6-7-22(13-35)11-23(10-21)14-35)27-16-37-32-26(18-39-43(32)31(27)33(44)45)24-8-9-30(36-15-24)41-34-40-28-4-2-3-5-29(28)46-34/h2-5,8-9,15-18,21-23H,6-7,10-14,19H2,1H3,(H,44,45)(H,36,40,41). The number of benzene rings is 1. The minimum Gasteiger partial charge on any atom is -0.476 e. The largest absolute Gasteiger partial charge is 0.476 e. The number of aromatic nitrogens is 7. The highest BCUT2D eigenvalue weighted by Crippen LogP contribution is 2.58. The number of rotatable bonds is 7. The van der Waals surface area contributed by atoms with Crippen LogP contribution in [-0.4, -0.2) is 45.4 Å². The van der Waals surface area contributed by atoms with Crippen molar-refractivity contribution in [3.63, 3.8) is 0 Å². The summed E-state index contributed by atoms with van der Waals surface area (Å²) in [5.74, 6) is 2.16. The molecule has 10 rings (SSSR count). The molecule has 4 fully saturated rings. The van der Waals surface area contributed by atoms with Crippen molar-refractivity contribution in [1.82, 2.24) is 34.3 Å². The molecule has 4 saturated carbocycles. The maximum absolute atomic E-state index is 12.8. The van der Waals surface area contributed by atoms with Crippen LogP contribution in [0.3, 0.4) is 0 Å². The van der Waals surface area contributed by atoms with Gasteiger partial charge in [0.1, 0.15) is 5.82 Å². The Morgan fingerprint density at radius 2 is 1.72 bits per heavy atom. The summed E-state index contributed by atoms with van der Waals surface area (Å²) in [4.78, 5) is 26.7. The van der Waals surface area contributed by atoms with Crippen molar-refractivity contribution in [3.05, 3.63) is 72.6 Å². The number of carboxylic acids is 1. The van der Waals surface area contributed by atoms with Crippen LogP contribution in [0.1, 0.15) is 61.1 Å². The van der Waals surface area contributed by atoms with Gasteiger partial charge in [0.2, 0.25) is 0 Å². The van der Waals surface area contributed by atoms with E-state index in [1.165, 1.54) is 49.5 Å². The molecule has 11 heteroatoms. The van der Waals surface area contributed by atoms with Crippen molar-refractivity contribution >= 4 is 44.1 Å². The van der Waals surface area contributed by atoms with Crippen LogP contribution in [0.4, 0.5) is 10.9 Å². The zero-order valence-electron chi connectivity index (χ0n) is 25.6. The van der Waals surface area contributed by atoms with E-state index in [0.29, 0.717) is 28.0 Å². The predicted octanol–water partition coefficient (Wildman–Crippen LogP) is 7.62. The fourth-order valence-corrected chi connectivity index (χ4v) is 9.82. The summed E-state index contributed by atoms with van der Waals surface area (Å²) in [5.41, 5.74) is 5.58. The van der Waals surface area contributed by atoms with Crippen molar-refractivity contribution in [2.45, 2.75) is 58.4 Å². The molecule has 232 valence electrons. The van der Waals surface area contributed by atoms with Gasteiger partial charge in [0, 0.05) is 46.9 Å². The summed E-state index contributed by atoms with van der Waals surface area (Å²) < 4.78 is 4.66. The Kier molecular flexibility index (Phi) is 6.28. The number of carboxylic acid groups (broad SMARTS) is 1. The second kappa shape index (κ2) is 10.4. The van der Waals surface area contributed by atoms with Gasteiger partial charge in [-0.3, -0.25) is 4.68 Å². The van der Waals surface area contributed by atoms with Gasteiger partial charge in [0.05, 0.1) is 22.6 Å². The lowest BCUT2D eigenvalue weighted by molar-refractivity contribution is 0.0169. The van der Waals surface area contributed by atoms with Crippen molar-refractivity contribution in [2.75, 3.05) is 5.32 Å². The predicted molar refractivity (Wildman–Crippen MR) is 177 cm³/mol. The van der Waals surface area contributed by atoms with E-state index < -0.39 is 5.97 Å². The molecule has 2 unspecified atom stereocenters. The van der Waals surface area contributed by atoms with E-state index in [1.807, 2.05) is 42.6 Å². The first-order valence-corrected chi connectivity index (χ1v) is 16.9. The van der Waals surface area contributed by atoms with E-state index >= 15 is 0 Å². The minimum absolute atomic E-state index is 0.0765. The number of pyridine rings is 1. The topological polar surface area (TPSA) is 123 Å². The molecule has 2 N–H and O–H groups in total. The molecule has 5 aromatic heterocycles. The van der Waals surface area contributed by atoms with Crippen molar-refractivity contribution < 1.29 is 9.90 Å². The lowest BCUT2D eigenvalue weighted by Gasteiger charge is -2.48. The Morgan fingerprint density at radius 1 is 0.935 bits per heavy atom.